The number of carbonyl (C=O) groups excluding carboxylic acids is 2. The molecule has 4 heteroatoms. The minimum Gasteiger partial charge on any atom is -0.507 e. The number of rotatable bonds is 5. The maximum Gasteiger partial charge on any atom is 0.300 e. The van der Waals surface area contributed by atoms with Crippen molar-refractivity contribution in [2.45, 2.75) is 32.7 Å². The Hall–Kier alpha value is -3.66. The van der Waals surface area contributed by atoms with Crippen molar-refractivity contribution in [3.63, 3.8) is 0 Å². The lowest BCUT2D eigenvalue weighted by Crippen LogP contribution is -2.29. The van der Waals surface area contributed by atoms with Gasteiger partial charge in [-0.05, 0) is 41.7 Å². The number of hydrogen-bond donors (Lipinski definition) is 1. The van der Waals surface area contributed by atoms with E-state index in [0.717, 1.165) is 29.5 Å². The van der Waals surface area contributed by atoms with Crippen molar-refractivity contribution in [2.75, 3.05) is 4.90 Å². The van der Waals surface area contributed by atoms with Gasteiger partial charge in [0, 0.05) is 11.3 Å². The van der Waals surface area contributed by atoms with Crippen LogP contribution >= 0.6 is 0 Å². The first-order valence-electron chi connectivity index (χ1n) is 10.6. The van der Waals surface area contributed by atoms with E-state index in [4.69, 9.17) is 0 Å². The summed E-state index contributed by atoms with van der Waals surface area (Å²) < 4.78 is 0. The number of benzene rings is 3. The van der Waals surface area contributed by atoms with Crippen molar-refractivity contribution in [3.8, 4) is 0 Å². The maximum absolute atomic E-state index is 13.1. The molecule has 1 aliphatic rings. The summed E-state index contributed by atoms with van der Waals surface area (Å²) in [6.07, 6.45) is 1.76. The highest BCUT2D eigenvalue weighted by molar-refractivity contribution is 6.51. The van der Waals surface area contributed by atoms with Crippen LogP contribution in [0.25, 0.3) is 5.76 Å². The van der Waals surface area contributed by atoms with Crippen molar-refractivity contribution in [2.24, 2.45) is 0 Å². The molecule has 1 atom stereocenters. The first-order chi connectivity index (χ1) is 15.0. The fourth-order valence-corrected chi connectivity index (χ4v) is 4.00. The van der Waals surface area contributed by atoms with Gasteiger partial charge in [0.25, 0.3) is 11.7 Å². The number of Topliss-reactive ketones (excluding diaryl/α,β-unsaturated/α-hetero) is 1. The highest BCUT2D eigenvalue weighted by Crippen LogP contribution is 2.42. The second-order valence-corrected chi connectivity index (χ2v) is 7.65. The second-order valence-electron chi connectivity index (χ2n) is 7.65. The van der Waals surface area contributed by atoms with Crippen LogP contribution < -0.4 is 4.90 Å². The number of ketones is 1. The monoisotopic (exact) mass is 411 g/mol. The molecule has 0 radical (unpaired) electrons. The molecule has 0 aliphatic carbocycles. The zero-order valence-electron chi connectivity index (χ0n) is 17.7. The van der Waals surface area contributed by atoms with E-state index in [1.54, 1.807) is 12.1 Å². The summed E-state index contributed by atoms with van der Waals surface area (Å²) in [5.41, 5.74) is 4.32. The van der Waals surface area contributed by atoms with Crippen molar-refractivity contribution < 1.29 is 14.7 Å². The smallest absolute Gasteiger partial charge is 0.300 e. The van der Waals surface area contributed by atoms with Gasteiger partial charge >= 0.3 is 0 Å². The molecule has 156 valence electrons. The van der Waals surface area contributed by atoms with Gasteiger partial charge in [0.1, 0.15) is 5.76 Å². The number of hydrogen-bond acceptors (Lipinski definition) is 3. The largest absolute Gasteiger partial charge is 0.507 e. The first-order valence-corrected chi connectivity index (χ1v) is 10.6. The van der Waals surface area contributed by atoms with Crippen LogP contribution in [0.5, 0.6) is 0 Å². The van der Waals surface area contributed by atoms with Crippen molar-refractivity contribution in [1.29, 1.82) is 0 Å². The third-order valence-corrected chi connectivity index (χ3v) is 5.82. The summed E-state index contributed by atoms with van der Waals surface area (Å²) in [5, 5.41) is 11.1. The van der Waals surface area contributed by atoms with Gasteiger partial charge in [-0.1, -0.05) is 80.6 Å². The molecule has 1 heterocycles. The van der Waals surface area contributed by atoms with Gasteiger partial charge in [-0.15, -0.1) is 0 Å². The topological polar surface area (TPSA) is 57.6 Å². The third kappa shape index (κ3) is 3.77. The van der Waals surface area contributed by atoms with Crippen molar-refractivity contribution in [1.82, 2.24) is 0 Å². The van der Waals surface area contributed by atoms with Crippen molar-refractivity contribution >= 4 is 23.1 Å². The van der Waals surface area contributed by atoms with E-state index in [2.05, 4.69) is 13.8 Å². The predicted molar refractivity (Wildman–Crippen MR) is 123 cm³/mol. The van der Waals surface area contributed by atoms with E-state index in [9.17, 15) is 14.7 Å². The standard InChI is InChI=1S/C27H25NO3/c1-3-18-10-14-21(15-11-18)25(29)23-24(20-8-6-5-7-9-20)28(27(31)26(23)30)22-16-12-19(4-2)13-17-22/h5-17,24,29H,3-4H2,1-2H3/b25-23+. The molecule has 0 saturated carbocycles. The van der Waals surface area contributed by atoms with Gasteiger partial charge < -0.3 is 5.11 Å². The zero-order chi connectivity index (χ0) is 22.0. The number of aliphatic hydroxyl groups is 1. The Labute approximate surface area is 182 Å². The summed E-state index contributed by atoms with van der Waals surface area (Å²) in [6.45, 7) is 4.12. The molecule has 0 spiro atoms. The normalized spacial score (nSPS) is 17.9. The summed E-state index contributed by atoms with van der Waals surface area (Å²) in [7, 11) is 0. The quantitative estimate of drug-likeness (QED) is 0.346. The van der Waals surface area contributed by atoms with Crippen LogP contribution in [-0.4, -0.2) is 16.8 Å². The maximum atomic E-state index is 13.1. The lowest BCUT2D eigenvalue weighted by molar-refractivity contribution is -0.132. The van der Waals surface area contributed by atoms with Crippen LogP contribution in [0.15, 0.2) is 84.4 Å². The second kappa shape index (κ2) is 8.60. The Kier molecular flexibility index (Phi) is 5.72. The van der Waals surface area contributed by atoms with Crippen LogP contribution in [0.4, 0.5) is 5.69 Å². The van der Waals surface area contributed by atoms with Gasteiger partial charge in [0.05, 0.1) is 11.6 Å². The van der Waals surface area contributed by atoms with Crippen LogP contribution in [0.3, 0.4) is 0 Å². The fourth-order valence-electron chi connectivity index (χ4n) is 4.00. The number of amides is 1. The minimum atomic E-state index is -0.695. The van der Waals surface area contributed by atoms with Gasteiger partial charge in [0.15, 0.2) is 0 Å². The molecule has 1 unspecified atom stereocenters. The molecule has 0 aromatic heterocycles. The van der Waals surface area contributed by atoms with Gasteiger partial charge in [-0.25, -0.2) is 0 Å². The van der Waals surface area contributed by atoms with E-state index in [1.807, 2.05) is 66.7 Å². The molecule has 1 fully saturated rings. The first kappa shape index (κ1) is 20.6. The third-order valence-electron chi connectivity index (χ3n) is 5.82. The summed E-state index contributed by atoms with van der Waals surface area (Å²) in [5.74, 6) is -1.46. The fraction of sp³-hybridized carbons (Fsp3) is 0.185. The van der Waals surface area contributed by atoms with Gasteiger partial charge in [-0.2, -0.15) is 0 Å². The lowest BCUT2D eigenvalue weighted by atomic mass is 9.94. The van der Waals surface area contributed by atoms with E-state index in [-0.39, 0.29) is 11.3 Å². The predicted octanol–water partition coefficient (Wildman–Crippen LogP) is 5.44. The van der Waals surface area contributed by atoms with E-state index in [1.165, 1.54) is 4.90 Å². The van der Waals surface area contributed by atoms with E-state index >= 15 is 0 Å². The zero-order valence-corrected chi connectivity index (χ0v) is 17.7. The van der Waals surface area contributed by atoms with Crippen LogP contribution in [0.1, 0.15) is 42.1 Å². The molecule has 1 aliphatic heterocycles. The molecular weight excluding hydrogens is 386 g/mol. The average molecular weight is 412 g/mol. The SMILES string of the molecule is CCc1ccc(/C(O)=C2\C(=O)C(=O)N(c3ccc(CC)cc3)C2c2ccccc2)cc1. The van der Waals surface area contributed by atoms with Crippen LogP contribution in [-0.2, 0) is 22.4 Å². The molecule has 0 bridgehead atoms. The van der Waals surface area contributed by atoms with Gasteiger partial charge in [-0.3, -0.25) is 14.5 Å². The number of aryl methyl sites for hydroxylation is 2. The minimum absolute atomic E-state index is 0.111. The number of carbonyl (C=O) groups is 2. The number of nitrogens with zero attached hydrogens (tertiary/aromatic N) is 1. The molecular formula is C27H25NO3. The van der Waals surface area contributed by atoms with Crippen LogP contribution in [0, 0.1) is 0 Å². The Balaban J connectivity index is 1.88. The summed E-state index contributed by atoms with van der Waals surface area (Å²) in [4.78, 5) is 27.7. The Morgan fingerprint density at radius 3 is 1.90 bits per heavy atom. The van der Waals surface area contributed by atoms with Gasteiger partial charge in [0.2, 0.25) is 0 Å². The Morgan fingerprint density at radius 2 is 1.35 bits per heavy atom. The molecule has 1 amide bonds. The Bertz CT molecular complexity index is 1130. The molecule has 31 heavy (non-hydrogen) atoms. The molecule has 3 aromatic rings. The average Bonchev–Trinajstić information content (AvgIpc) is 3.09. The molecule has 1 N–H and O–H groups in total. The van der Waals surface area contributed by atoms with Crippen molar-refractivity contribution in [3.05, 3.63) is 107 Å². The lowest BCUT2D eigenvalue weighted by Gasteiger charge is -2.25. The summed E-state index contributed by atoms with van der Waals surface area (Å²) >= 11 is 0. The molecule has 1 saturated heterocycles. The summed E-state index contributed by atoms with van der Waals surface area (Å²) in [6, 6.07) is 23.7. The Morgan fingerprint density at radius 1 is 0.806 bits per heavy atom. The van der Waals surface area contributed by atoms with E-state index < -0.39 is 17.7 Å². The molecule has 4 rings (SSSR count). The molecule has 4 nitrogen and oxygen atoms in total. The van der Waals surface area contributed by atoms with Crippen LogP contribution in [0.2, 0.25) is 0 Å². The van der Waals surface area contributed by atoms with E-state index in [0.29, 0.717) is 11.3 Å². The highest BCUT2D eigenvalue weighted by atomic mass is 16.3. The highest BCUT2D eigenvalue weighted by Gasteiger charge is 2.46. The number of anilines is 1. The number of aliphatic hydroxyl groups excluding tert-OH is 1. The molecule has 3 aromatic carbocycles.